The van der Waals surface area contributed by atoms with E-state index in [-0.39, 0.29) is 11.4 Å². The predicted octanol–water partition coefficient (Wildman–Crippen LogP) is 2.68. The van der Waals surface area contributed by atoms with Gasteiger partial charge >= 0.3 is 18.2 Å². The Labute approximate surface area is 115 Å². The number of nitrogens with one attached hydrogen (secondary N) is 1. The summed E-state index contributed by atoms with van der Waals surface area (Å²) in [5, 5.41) is 14.6. The Balaban J connectivity index is 2.16. The number of hydrogen-bond acceptors (Lipinski definition) is 3. The van der Waals surface area contributed by atoms with Gasteiger partial charge < -0.3 is 10.4 Å². The highest BCUT2D eigenvalue weighted by Crippen LogP contribution is 2.29. The van der Waals surface area contributed by atoms with Crippen molar-refractivity contribution in [1.29, 1.82) is 0 Å². The van der Waals surface area contributed by atoms with Crippen molar-refractivity contribution >= 4 is 17.7 Å². The van der Waals surface area contributed by atoms with Crippen LogP contribution in [0.4, 0.5) is 23.7 Å². The Kier molecular flexibility index (Phi) is 3.66. The normalized spacial score (nSPS) is 11.2. The number of carboxylic acids is 1. The maximum Gasteiger partial charge on any atom is 0.416 e. The Morgan fingerprint density at radius 1 is 1.14 bits per heavy atom. The third kappa shape index (κ3) is 3.19. The Morgan fingerprint density at radius 3 is 2.29 bits per heavy atom. The maximum atomic E-state index is 12.4. The van der Waals surface area contributed by atoms with Crippen LogP contribution in [0.5, 0.6) is 0 Å². The zero-order chi connectivity index (χ0) is 15.6. The number of amides is 1. The number of hydrogen-bond donors (Lipinski definition) is 2. The SMILES string of the molecule is O=C(O)c1ccnn1C(=O)Nc1ccc(C(F)(F)F)cc1. The molecule has 21 heavy (non-hydrogen) atoms. The van der Waals surface area contributed by atoms with Crippen LogP contribution in [0.3, 0.4) is 0 Å². The first kappa shape index (κ1) is 14.6. The van der Waals surface area contributed by atoms with Crippen LogP contribution < -0.4 is 5.32 Å². The number of carbonyl (C=O) groups is 2. The van der Waals surface area contributed by atoms with Crippen LogP contribution in [-0.2, 0) is 6.18 Å². The van der Waals surface area contributed by atoms with Crippen LogP contribution in [0.1, 0.15) is 16.1 Å². The van der Waals surface area contributed by atoms with Gasteiger partial charge in [0.1, 0.15) is 0 Å². The fraction of sp³-hybridized carbons (Fsp3) is 0.0833. The molecule has 2 N–H and O–H groups in total. The van der Waals surface area contributed by atoms with Crippen molar-refractivity contribution < 1.29 is 27.9 Å². The number of aromatic nitrogens is 2. The highest BCUT2D eigenvalue weighted by molar-refractivity contribution is 5.96. The van der Waals surface area contributed by atoms with E-state index in [1.54, 1.807) is 0 Å². The lowest BCUT2D eigenvalue weighted by atomic mass is 10.2. The van der Waals surface area contributed by atoms with E-state index in [1.807, 2.05) is 0 Å². The molecule has 2 aromatic rings. The van der Waals surface area contributed by atoms with Gasteiger partial charge in [-0.15, -0.1) is 0 Å². The second-order valence-electron chi connectivity index (χ2n) is 3.94. The van der Waals surface area contributed by atoms with Crippen molar-refractivity contribution in [2.45, 2.75) is 6.18 Å². The maximum absolute atomic E-state index is 12.4. The van der Waals surface area contributed by atoms with Crippen LogP contribution in [0.2, 0.25) is 0 Å². The number of carbonyl (C=O) groups excluding carboxylic acids is 1. The summed E-state index contributed by atoms with van der Waals surface area (Å²) in [5.41, 5.74) is -1.13. The van der Waals surface area contributed by atoms with Crippen molar-refractivity contribution in [3.63, 3.8) is 0 Å². The summed E-state index contributed by atoms with van der Waals surface area (Å²) in [4.78, 5) is 22.6. The van der Waals surface area contributed by atoms with Gasteiger partial charge in [0.05, 0.1) is 11.8 Å². The van der Waals surface area contributed by atoms with E-state index in [2.05, 4.69) is 10.4 Å². The van der Waals surface area contributed by atoms with Crippen LogP contribution in [0, 0.1) is 0 Å². The molecule has 0 fully saturated rings. The summed E-state index contributed by atoms with van der Waals surface area (Å²) in [6, 6.07) is 3.95. The highest BCUT2D eigenvalue weighted by Gasteiger charge is 2.30. The first-order chi connectivity index (χ1) is 9.79. The molecule has 1 heterocycles. The molecule has 0 radical (unpaired) electrons. The molecule has 0 aliphatic rings. The number of anilines is 1. The van der Waals surface area contributed by atoms with E-state index in [1.165, 1.54) is 0 Å². The number of carboxylic acid groups (broad SMARTS) is 1. The molecular formula is C12H8F3N3O3. The average molecular weight is 299 g/mol. The van der Waals surface area contributed by atoms with Crippen LogP contribution in [-0.4, -0.2) is 26.9 Å². The Hall–Kier alpha value is -2.84. The smallest absolute Gasteiger partial charge is 0.416 e. The molecule has 1 amide bonds. The minimum Gasteiger partial charge on any atom is -0.477 e. The van der Waals surface area contributed by atoms with Crippen molar-refractivity contribution in [2.75, 3.05) is 5.32 Å². The molecule has 110 valence electrons. The molecule has 1 aromatic carbocycles. The van der Waals surface area contributed by atoms with Gasteiger partial charge in [-0.05, 0) is 30.3 Å². The van der Waals surface area contributed by atoms with E-state index in [0.717, 1.165) is 36.5 Å². The fourth-order valence-corrected chi connectivity index (χ4v) is 1.55. The van der Waals surface area contributed by atoms with Gasteiger partial charge in [-0.1, -0.05) is 0 Å². The number of alkyl halides is 3. The van der Waals surface area contributed by atoms with Crippen molar-refractivity contribution in [3.05, 3.63) is 47.8 Å². The summed E-state index contributed by atoms with van der Waals surface area (Å²) in [7, 11) is 0. The fourth-order valence-electron chi connectivity index (χ4n) is 1.55. The van der Waals surface area contributed by atoms with Crippen LogP contribution in [0.25, 0.3) is 0 Å². The molecule has 0 spiro atoms. The largest absolute Gasteiger partial charge is 0.477 e. The van der Waals surface area contributed by atoms with Crippen molar-refractivity contribution in [1.82, 2.24) is 9.78 Å². The van der Waals surface area contributed by atoms with Gasteiger partial charge in [-0.3, -0.25) is 0 Å². The van der Waals surface area contributed by atoms with E-state index in [9.17, 15) is 22.8 Å². The summed E-state index contributed by atoms with van der Waals surface area (Å²) in [6.07, 6.45) is -3.35. The van der Waals surface area contributed by atoms with E-state index < -0.39 is 23.7 Å². The number of halogens is 3. The molecule has 1 aromatic heterocycles. The molecule has 0 bridgehead atoms. The van der Waals surface area contributed by atoms with E-state index in [0.29, 0.717) is 4.68 Å². The van der Waals surface area contributed by atoms with E-state index in [4.69, 9.17) is 5.11 Å². The minimum atomic E-state index is -4.47. The number of aromatic carboxylic acids is 1. The third-order valence-corrected chi connectivity index (χ3v) is 2.52. The standard InChI is InChI=1S/C12H8F3N3O3/c13-12(14,15)7-1-3-8(4-2-7)17-11(21)18-9(10(19)20)5-6-16-18/h1-6H,(H,17,21)(H,19,20). The predicted molar refractivity (Wildman–Crippen MR) is 65.0 cm³/mol. The van der Waals surface area contributed by atoms with Crippen LogP contribution >= 0.6 is 0 Å². The molecule has 6 nitrogen and oxygen atoms in total. The monoisotopic (exact) mass is 299 g/mol. The minimum absolute atomic E-state index is 0.0832. The number of rotatable bonds is 2. The molecule has 0 saturated carbocycles. The molecule has 0 aliphatic heterocycles. The summed E-state index contributed by atoms with van der Waals surface area (Å²) in [5.74, 6) is -1.35. The third-order valence-electron chi connectivity index (χ3n) is 2.52. The Bertz CT molecular complexity index is 677. The van der Waals surface area contributed by atoms with Gasteiger partial charge in [0.15, 0.2) is 5.69 Å². The second-order valence-corrected chi connectivity index (χ2v) is 3.94. The number of nitrogens with zero attached hydrogens (tertiary/aromatic N) is 2. The lowest BCUT2D eigenvalue weighted by molar-refractivity contribution is -0.137. The Morgan fingerprint density at radius 2 is 1.76 bits per heavy atom. The molecule has 0 atom stereocenters. The second kappa shape index (κ2) is 5.27. The zero-order valence-corrected chi connectivity index (χ0v) is 10.3. The van der Waals surface area contributed by atoms with Gasteiger partial charge in [0.2, 0.25) is 0 Å². The molecule has 0 unspecified atom stereocenters. The highest BCUT2D eigenvalue weighted by atomic mass is 19.4. The number of benzene rings is 1. The van der Waals surface area contributed by atoms with Gasteiger partial charge in [-0.25, -0.2) is 9.59 Å². The molecule has 0 aliphatic carbocycles. The zero-order valence-electron chi connectivity index (χ0n) is 10.3. The topological polar surface area (TPSA) is 84.2 Å². The molecule has 2 rings (SSSR count). The summed E-state index contributed by atoms with van der Waals surface area (Å²) >= 11 is 0. The lowest BCUT2D eigenvalue weighted by Gasteiger charge is -2.09. The first-order valence-corrected chi connectivity index (χ1v) is 5.55. The van der Waals surface area contributed by atoms with Crippen molar-refractivity contribution in [3.8, 4) is 0 Å². The lowest BCUT2D eigenvalue weighted by Crippen LogP contribution is -2.24. The first-order valence-electron chi connectivity index (χ1n) is 5.55. The molecule has 0 saturated heterocycles. The van der Waals surface area contributed by atoms with Gasteiger partial charge in [0, 0.05) is 5.69 Å². The summed E-state index contributed by atoms with van der Waals surface area (Å²) < 4.78 is 37.7. The van der Waals surface area contributed by atoms with Gasteiger partial charge in [0.25, 0.3) is 0 Å². The van der Waals surface area contributed by atoms with E-state index >= 15 is 0 Å². The van der Waals surface area contributed by atoms with Crippen LogP contribution in [0.15, 0.2) is 36.5 Å². The quantitative estimate of drug-likeness (QED) is 0.893. The molecule has 9 heteroatoms. The molecular weight excluding hydrogens is 291 g/mol. The van der Waals surface area contributed by atoms with Crippen molar-refractivity contribution in [2.24, 2.45) is 0 Å². The summed E-state index contributed by atoms with van der Waals surface area (Å²) in [6.45, 7) is 0. The average Bonchev–Trinajstić information content (AvgIpc) is 2.87. The van der Waals surface area contributed by atoms with Gasteiger partial charge in [-0.2, -0.15) is 23.0 Å².